The van der Waals surface area contributed by atoms with Crippen molar-refractivity contribution in [1.29, 1.82) is 0 Å². The van der Waals surface area contributed by atoms with Crippen molar-refractivity contribution in [3.8, 4) is 22.9 Å². The average molecular weight is 529 g/mol. The second-order valence-corrected chi connectivity index (χ2v) is 9.66. The number of carbonyl (C=O) groups excluding carboxylic acids is 1. The Balaban J connectivity index is 1.54. The zero-order valence-electron chi connectivity index (χ0n) is 20.5. The van der Waals surface area contributed by atoms with Gasteiger partial charge in [0.2, 0.25) is 0 Å². The third kappa shape index (κ3) is 5.91. The molecular formula is C26H26ClFN4O5. The second kappa shape index (κ2) is 10.6. The number of nitrogens with one attached hydrogen (secondary N) is 1. The molecule has 2 heterocycles. The molecule has 0 saturated carbocycles. The molecule has 4 rings (SSSR count). The first kappa shape index (κ1) is 26.2. The van der Waals surface area contributed by atoms with E-state index >= 15 is 0 Å². The summed E-state index contributed by atoms with van der Waals surface area (Å²) in [5, 5.41) is 12.0. The van der Waals surface area contributed by atoms with Gasteiger partial charge < -0.3 is 19.9 Å². The molecule has 2 N–H and O–H groups in total. The first-order valence-electron chi connectivity index (χ1n) is 11.6. The number of halogens is 2. The molecule has 11 heteroatoms. The minimum absolute atomic E-state index is 0.0262. The van der Waals surface area contributed by atoms with Gasteiger partial charge in [0.25, 0.3) is 0 Å². The van der Waals surface area contributed by atoms with Crippen molar-refractivity contribution in [3.63, 3.8) is 0 Å². The highest BCUT2D eigenvalue weighted by atomic mass is 35.5. The number of benzene rings is 2. The Labute approximate surface area is 218 Å². The Kier molecular flexibility index (Phi) is 7.49. The number of rotatable bonds is 7. The van der Waals surface area contributed by atoms with Gasteiger partial charge in [0.1, 0.15) is 24.3 Å². The zero-order chi connectivity index (χ0) is 26.7. The van der Waals surface area contributed by atoms with Crippen molar-refractivity contribution in [2.75, 3.05) is 23.4 Å². The van der Waals surface area contributed by atoms with Crippen molar-refractivity contribution >= 4 is 35.0 Å². The Morgan fingerprint density at radius 2 is 1.95 bits per heavy atom. The molecule has 194 valence electrons. The SMILES string of the molecule is CCC1CN(C(=O)Nc2ccc(Cl)cc2F)c2ccc(-c3cnc(OCC(C)(C)C(=O)O)nc3)cc2O1. The van der Waals surface area contributed by atoms with Crippen LogP contribution in [-0.2, 0) is 4.79 Å². The lowest BCUT2D eigenvalue weighted by atomic mass is 9.95. The maximum atomic E-state index is 14.2. The number of carbonyl (C=O) groups is 2. The maximum Gasteiger partial charge on any atom is 0.326 e. The predicted molar refractivity (Wildman–Crippen MR) is 137 cm³/mol. The number of urea groups is 1. The summed E-state index contributed by atoms with van der Waals surface area (Å²) in [6.07, 6.45) is 3.52. The molecule has 1 unspecified atom stereocenters. The van der Waals surface area contributed by atoms with Crippen LogP contribution >= 0.6 is 11.6 Å². The summed E-state index contributed by atoms with van der Waals surface area (Å²) >= 11 is 5.81. The molecular weight excluding hydrogens is 503 g/mol. The van der Waals surface area contributed by atoms with Crippen molar-refractivity contribution in [2.45, 2.75) is 33.3 Å². The van der Waals surface area contributed by atoms with E-state index < -0.39 is 23.2 Å². The van der Waals surface area contributed by atoms with Crippen LogP contribution in [0.5, 0.6) is 11.8 Å². The van der Waals surface area contributed by atoms with Gasteiger partial charge in [0.15, 0.2) is 0 Å². The van der Waals surface area contributed by atoms with Crippen LogP contribution in [0.1, 0.15) is 27.2 Å². The Morgan fingerprint density at radius 3 is 2.59 bits per heavy atom. The second-order valence-electron chi connectivity index (χ2n) is 9.23. The number of carboxylic acids is 1. The zero-order valence-corrected chi connectivity index (χ0v) is 21.3. The van der Waals surface area contributed by atoms with Gasteiger partial charge in [-0.1, -0.05) is 24.6 Å². The van der Waals surface area contributed by atoms with E-state index in [9.17, 15) is 19.1 Å². The predicted octanol–water partition coefficient (Wildman–Crippen LogP) is 5.64. The van der Waals surface area contributed by atoms with E-state index in [-0.39, 0.29) is 29.4 Å². The number of fused-ring (bicyclic) bond motifs is 1. The number of aromatic nitrogens is 2. The molecule has 0 fully saturated rings. The Morgan fingerprint density at radius 1 is 1.22 bits per heavy atom. The number of nitrogens with zero attached hydrogens (tertiary/aromatic N) is 3. The average Bonchev–Trinajstić information content (AvgIpc) is 2.88. The van der Waals surface area contributed by atoms with E-state index in [1.807, 2.05) is 6.92 Å². The number of carboxylic acid groups (broad SMARTS) is 1. The number of amides is 2. The van der Waals surface area contributed by atoms with Crippen LogP contribution in [0.25, 0.3) is 11.1 Å². The van der Waals surface area contributed by atoms with Gasteiger partial charge in [-0.2, -0.15) is 0 Å². The largest absolute Gasteiger partial charge is 0.486 e. The lowest BCUT2D eigenvalue weighted by molar-refractivity contribution is -0.148. The van der Waals surface area contributed by atoms with Crippen LogP contribution in [0.2, 0.25) is 5.02 Å². The van der Waals surface area contributed by atoms with E-state index in [0.29, 0.717) is 30.0 Å². The third-order valence-electron chi connectivity index (χ3n) is 5.91. The smallest absolute Gasteiger partial charge is 0.326 e. The monoisotopic (exact) mass is 528 g/mol. The molecule has 3 aromatic rings. The minimum Gasteiger partial charge on any atom is -0.486 e. The Hall–Kier alpha value is -3.92. The van der Waals surface area contributed by atoms with Gasteiger partial charge in [-0.25, -0.2) is 19.2 Å². The lowest BCUT2D eigenvalue weighted by Gasteiger charge is -2.34. The van der Waals surface area contributed by atoms with Crippen molar-refractivity contribution in [3.05, 3.63) is 59.6 Å². The minimum atomic E-state index is -1.08. The summed E-state index contributed by atoms with van der Waals surface area (Å²) in [4.78, 5) is 34.2. The van der Waals surface area contributed by atoms with Gasteiger partial charge in [0, 0.05) is 23.0 Å². The highest BCUT2D eigenvalue weighted by molar-refractivity contribution is 6.30. The van der Waals surface area contributed by atoms with E-state index in [2.05, 4.69) is 15.3 Å². The van der Waals surface area contributed by atoms with Crippen LogP contribution in [0, 0.1) is 11.2 Å². The van der Waals surface area contributed by atoms with Crippen molar-refractivity contribution < 1.29 is 28.6 Å². The molecule has 0 radical (unpaired) electrons. The molecule has 1 aliphatic rings. The molecule has 2 amide bonds. The molecule has 1 atom stereocenters. The first-order chi connectivity index (χ1) is 17.6. The van der Waals surface area contributed by atoms with Crippen LogP contribution in [0.15, 0.2) is 48.8 Å². The van der Waals surface area contributed by atoms with Crippen molar-refractivity contribution in [2.24, 2.45) is 5.41 Å². The lowest BCUT2D eigenvalue weighted by Crippen LogP contribution is -2.45. The van der Waals surface area contributed by atoms with Gasteiger partial charge in [-0.15, -0.1) is 0 Å². The number of aliphatic carboxylic acids is 1. The normalized spacial score (nSPS) is 14.9. The molecule has 0 saturated heterocycles. The highest BCUT2D eigenvalue weighted by Crippen LogP contribution is 2.38. The van der Waals surface area contributed by atoms with Gasteiger partial charge >= 0.3 is 18.0 Å². The topological polar surface area (TPSA) is 114 Å². The van der Waals surface area contributed by atoms with E-state index in [1.54, 1.807) is 44.4 Å². The van der Waals surface area contributed by atoms with Gasteiger partial charge in [-0.05, 0) is 56.2 Å². The van der Waals surface area contributed by atoms with Crippen LogP contribution in [0.3, 0.4) is 0 Å². The fraction of sp³-hybridized carbons (Fsp3) is 0.308. The van der Waals surface area contributed by atoms with Gasteiger partial charge in [-0.3, -0.25) is 9.69 Å². The number of ether oxygens (including phenoxy) is 2. The quantitative estimate of drug-likeness (QED) is 0.408. The molecule has 9 nitrogen and oxygen atoms in total. The van der Waals surface area contributed by atoms with Crippen LogP contribution < -0.4 is 19.7 Å². The standard InChI is InChI=1S/C26H26ClFN4O5/c1-4-18-13-32(25(35)31-20-7-6-17(27)10-19(20)28)21-8-5-15(9-22(21)37-18)16-11-29-24(30-12-16)36-14-26(2,3)23(33)34/h5-12,18H,4,13-14H2,1-3H3,(H,31,35)(H,33,34). The van der Waals surface area contributed by atoms with E-state index in [0.717, 1.165) is 11.6 Å². The van der Waals surface area contributed by atoms with E-state index in [1.165, 1.54) is 17.0 Å². The fourth-order valence-corrected chi connectivity index (χ4v) is 3.71. The van der Waals surface area contributed by atoms with Crippen LogP contribution in [-0.4, -0.2) is 46.3 Å². The first-order valence-corrected chi connectivity index (χ1v) is 12.0. The molecule has 0 bridgehead atoms. The van der Waals surface area contributed by atoms with Gasteiger partial charge in [0.05, 0.1) is 23.3 Å². The summed E-state index contributed by atoms with van der Waals surface area (Å²) in [5.74, 6) is -1.12. The molecule has 2 aromatic carbocycles. The van der Waals surface area contributed by atoms with Crippen LogP contribution in [0.4, 0.5) is 20.6 Å². The highest BCUT2D eigenvalue weighted by Gasteiger charge is 2.30. The summed E-state index contributed by atoms with van der Waals surface area (Å²) in [5.41, 5.74) is 0.909. The Bertz CT molecular complexity index is 1320. The number of hydrogen-bond donors (Lipinski definition) is 2. The van der Waals surface area contributed by atoms with Crippen molar-refractivity contribution in [1.82, 2.24) is 9.97 Å². The molecule has 37 heavy (non-hydrogen) atoms. The fourth-order valence-electron chi connectivity index (χ4n) is 3.55. The molecule has 0 aliphatic carbocycles. The third-order valence-corrected chi connectivity index (χ3v) is 6.14. The number of hydrogen-bond acceptors (Lipinski definition) is 6. The summed E-state index contributed by atoms with van der Waals surface area (Å²) in [6, 6.07) is 8.94. The molecule has 1 aliphatic heterocycles. The number of anilines is 2. The maximum absolute atomic E-state index is 14.2. The van der Waals surface area contributed by atoms with E-state index in [4.69, 9.17) is 21.1 Å². The summed E-state index contributed by atoms with van der Waals surface area (Å²) < 4.78 is 25.8. The molecule has 1 aromatic heterocycles. The molecule has 0 spiro atoms. The summed E-state index contributed by atoms with van der Waals surface area (Å²) in [7, 11) is 0. The summed E-state index contributed by atoms with van der Waals surface area (Å²) in [6.45, 7) is 5.27.